The maximum absolute atomic E-state index is 14.5. The monoisotopic (exact) mass is 672 g/mol. The van der Waals surface area contributed by atoms with Crippen LogP contribution >= 0.6 is 31.9 Å². The van der Waals surface area contributed by atoms with E-state index in [9.17, 15) is 9.59 Å². The first-order valence-electron chi connectivity index (χ1n) is 14.0. The summed E-state index contributed by atoms with van der Waals surface area (Å²) >= 11 is 7.62. The van der Waals surface area contributed by atoms with Crippen LogP contribution in [-0.4, -0.2) is 14.0 Å². The highest BCUT2D eigenvalue weighted by Crippen LogP contribution is 2.44. The van der Waals surface area contributed by atoms with Crippen LogP contribution in [0.5, 0.6) is 0 Å². The molecule has 0 saturated heterocycles. The van der Waals surface area contributed by atoms with E-state index >= 15 is 0 Å². The van der Waals surface area contributed by atoms with Crippen LogP contribution in [0, 0.1) is 0 Å². The number of benzene rings is 5. The van der Waals surface area contributed by atoms with Gasteiger partial charge in [-0.25, -0.2) is 9.98 Å². The normalized spacial score (nSPS) is 16.2. The molecule has 1 aliphatic heterocycles. The van der Waals surface area contributed by atoms with E-state index in [4.69, 9.17) is 9.98 Å². The third-order valence-electron chi connectivity index (χ3n) is 9.38. The predicted octanol–water partition coefficient (Wildman–Crippen LogP) is 7.49. The van der Waals surface area contributed by atoms with Crippen molar-refractivity contribution in [3.8, 4) is 0 Å². The fraction of sp³-hybridized carbons (Fsp3) is 0.118. The van der Waals surface area contributed by atoms with Gasteiger partial charge in [-0.2, -0.15) is 0 Å². The molecule has 0 bridgehead atoms. The van der Waals surface area contributed by atoms with E-state index in [1.54, 1.807) is 4.40 Å². The standard InChI is InChI=1S/C34H18Br2N4O2/c35-19-13-17-27-18(33(41)39-23-11-3-7-15-5-1-9-21(25(15)23)37-31(17)39)14-20(36)29-30(27)28(19)32-38-22-10-2-6-16-8-4-12-24(26(16)22)40(32)34(29)42/h1-2,4-6,8-10,12-14,23H,3,7,11H2. The minimum Gasteiger partial charge on any atom is -0.284 e. The first-order valence-corrected chi connectivity index (χ1v) is 15.6. The Kier molecular flexibility index (Phi) is 4.36. The summed E-state index contributed by atoms with van der Waals surface area (Å²) in [5.41, 5.74) is 5.96. The topological polar surface area (TPSA) is 68.7 Å². The van der Waals surface area contributed by atoms with Gasteiger partial charge in [0.2, 0.25) is 0 Å². The zero-order chi connectivity index (χ0) is 28.0. The van der Waals surface area contributed by atoms with Crippen LogP contribution in [0.15, 0.2) is 90.3 Å². The lowest BCUT2D eigenvalue weighted by Gasteiger charge is -2.32. The zero-order valence-electron chi connectivity index (χ0n) is 21.9. The molecule has 10 rings (SSSR count). The molecule has 1 atom stereocenters. The lowest BCUT2D eigenvalue weighted by atomic mass is 9.85. The van der Waals surface area contributed by atoms with Gasteiger partial charge < -0.3 is 0 Å². The van der Waals surface area contributed by atoms with Gasteiger partial charge in [0.25, 0.3) is 11.1 Å². The smallest absolute Gasteiger partial charge is 0.265 e. The van der Waals surface area contributed by atoms with Crippen molar-refractivity contribution in [2.75, 3.05) is 0 Å². The van der Waals surface area contributed by atoms with Gasteiger partial charge in [0.05, 0.1) is 28.1 Å². The highest BCUT2D eigenvalue weighted by molar-refractivity contribution is 9.11. The van der Waals surface area contributed by atoms with Crippen LogP contribution in [0.4, 0.5) is 5.69 Å². The van der Waals surface area contributed by atoms with Crippen molar-refractivity contribution in [1.82, 2.24) is 14.0 Å². The van der Waals surface area contributed by atoms with E-state index < -0.39 is 0 Å². The molecule has 8 heteroatoms. The zero-order valence-corrected chi connectivity index (χ0v) is 25.1. The molecule has 5 aromatic carbocycles. The molecule has 0 N–H and O–H groups in total. The van der Waals surface area contributed by atoms with Gasteiger partial charge in [0, 0.05) is 46.8 Å². The molecule has 0 amide bonds. The van der Waals surface area contributed by atoms with Crippen LogP contribution in [0.1, 0.15) is 30.0 Å². The quantitative estimate of drug-likeness (QED) is 0.124. The Morgan fingerprint density at radius 2 is 1.57 bits per heavy atom. The van der Waals surface area contributed by atoms with E-state index in [1.807, 2.05) is 47.0 Å². The molecule has 200 valence electrons. The number of halogens is 2. The number of hydrogen-bond acceptors (Lipinski definition) is 4. The minimum atomic E-state index is -0.173. The van der Waals surface area contributed by atoms with Gasteiger partial charge in [0.15, 0.2) is 0 Å². The highest BCUT2D eigenvalue weighted by Gasteiger charge is 2.32. The number of aromatic nitrogens is 3. The summed E-state index contributed by atoms with van der Waals surface area (Å²) in [6.07, 6.45) is 2.91. The van der Waals surface area contributed by atoms with Crippen molar-refractivity contribution in [3.63, 3.8) is 0 Å². The SMILES string of the molecule is O=c1c2cc(Br)c3c(=O)n4c5cccc6cccc(nc4c4c(Br)cc(c7n1C1CCCc8cccc(c81)N=7)c2c34)c65. The molecule has 0 saturated carbocycles. The van der Waals surface area contributed by atoms with Crippen molar-refractivity contribution in [3.05, 3.63) is 113 Å². The second kappa shape index (κ2) is 7.82. The van der Waals surface area contributed by atoms with E-state index in [-0.39, 0.29) is 17.2 Å². The average Bonchev–Trinajstić information content (AvgIpc) is 2.99. The summed E-state index contributed by atoms with van der Waals surface area (Å²) in [5, 5.41) is 6.23. The molecular formula is C34H18Br2N4O2. The van der Waals surface area contributed by atoms with Crippen molar-refractivity contribution in [1.29, 1.82) is 0 Å². The number of rotatable bonds is 0. The van der Waals surface area contributed by atoms with Gasteiger partial charge in [-0.1, -0.05) is 36.4 Å². The Morgan fingerprint density at radius 3 is 2.45 bits per heavy atom. The molecule has 0 spiro atoms. The summed E-state index contributed by atoms with van der Waals surface area (Å²) < 4.78 is 5.02. The van der Waals surface area contributed by atoms with Crippen molar-refractivity contribution < 1.29 is 0 Å². The van der Waals surface area contributed by atoms with Gasteiger partial charge >= 0.3 is 0 Å². The Labute approximate surface area is 253 Å². The second-order valence-corrected chi connectivity index (χ2v) is 13.1. The Balaban J connectivity index is 1.50. The molecule has 4 heterocycles. The third-order valence-corrected chi connectivity index (χ3v) is 10.6. The predicted molar refractivity (Wildman–Crippen MR) is 174 cm³/mol. The number of nitrogens with zero attached hydrogens (tertiary/aromatic N) is 4. The first kappa shape index (κ1) is 23.4. The number of pyridine rings is 2. The average molecular weight is 674 g/mol. The summed E-state index contributed by atoms with van der Waals surface area (Å²) in [6.45, 7) is 0. The van der Waals surface area contributed by atoms with Crippen LogP contribution in [-0.2, 0) is 6.42 Å². The number of hydrogen-bond donors (Lipinski definition) is 0. The van der Waals surface area contributed by atoms with Gasteiger partial charge in [-0.3, -0.25) is 18.6 Å². The molecule has 0 fully saturated rings. The van der Waals surface area contributed by atoms with Crippen molar-refractivity contribution in [2.45, 2.75) is 25.3 Å². The summed E-state index contributed by atoms with van der Waals surface area (Å²) in [6, 6.07) is 22.1. The summed E-state index contributed by atoms with van der Waals surface area (Å²) in [7, 11) is 0. The van der Waals surface area contributed by atoms with E-state index in [2.05, 4.69) is 56.1 Å². The lowest BCUT2D eigenvalue weighted by molar-refractivity contribution is 0.460. The van der Waals surface area contributed by atoms with Crippen LogP contribution in [0.3, 0.4) is 0 Å². The van der Waals surface area contributed by atoms with Crippen molar-refractivity contribution >= 4 is 97.3 Å². The lowest BCUT2D eigenvalue weighted by Crippen LogP contribution is -2.41. The largest absolute Gasteiger partial charge is 0.284 e. The van der Waals surface area contributed by atoms with E-state index in [0.29, 0.717) is 26.4 Å². The fourth-order valence-corrected chi connectivity index (χ4v) is 8.95. The molecule has 1 aliphatic carbocycles. The molecular weight excluding hydrogens is 656 g/mol. The van der Waals surface area contributed by atoms with Crippen LogP contribution in [0.2, 0.25) is 0 Å². The fourth-order valence-electron chi connectivity index (χ4n) is 7.75. The number of fused-ring (bicyclic) bond motifs is 6. The highest BCUT2D eigenvalue weighted by atomic mass is 79.9. The van der Waals surface area contributed by atoms with Gasteiger partial charge in [-0.05, 0) is 92.4 Å². The molecule has 42 heavy (non-hydrogen) atoms. The Bertz CT molecular complexity index is 2740. The molecule has 1 unspecified atom stereocenters. The van der Waals surface area contributed by atoms with E-state index in [0.717, 1.165) is 72.8 Å². The molecule has 2 aliphatic rings. The minimum absolute atomic E-state index is 0.0604. The maximum Gasteiger partial charge on any atom is 0.265 e. The van der Waals surface area contributed by atoms with E-state index in [1.165, 1.54) is 11.1 Å². The molecule has 3 aromatic heterocycles. The van der Waals surface area contributed by atoms with Gasteiger partial charge in [-0.15, -0.1) is 0 Å². The van der Waals surface area contributed by atoms with Crippen LogP contribution in [0.25, 0.3) is 59.8 Å². The third kappa shape index (κ3) is 2.67. The number of aryl methyl sites for hydroxylation is 1. The Morgan fingerprint density at radius 1 is 0.786 bits per heavy atom. The summed E-state index contributed by atoms with van der Waals surface area (Å²) in [4.78, 5) is 39.2. The van der Waals surface area contributed by atoms with Crippen LogP contribution < -0.4 is 16.6 Å². The second-order valence-electron chi connectivity index (χ2n) is 11.4. The summed E-state index contributed by atoms with van der Waals surface area (Å²) in [5.74, 6) is 0. The van der Waals surface area contributed by atoms with Gasteiger partial charge in [0.1, 0.15) is 11.1 Å². The molecule has 0 radical (unpaired) electrons. The maximum atomic E-state index is 14.5. The first-order chi connectivity index (χ1) is 20.5. The molecule has 8 aromatic rings. The van der Waals surface area contributed by atoms with Crippen molar-refractivity contribution in [2.24, 2.45) is 4.99 Å². The molecule has 6 nitrogen and oxygen atoms in total. The Hall–Kier alpha value is -4.14.